The van der Waals surface area contributed by atoms with Gasteiger partial charge in [0.15, 0.2) is 0 Å². The summed E-state index contributed by atoms with van der Waals surface area (Å²) in [6.07, 6.45) is -2.49. The Kier molecular flexibility index (Phi) is 5.49. The summed E-state index contributed by atoms with van der Waals surface area (Å²) in [4.78, 5) is 17.4. The first-order chi connectivity index (χ1) is 10.8. The number of hydrogen-bond donors (Lipinski definition) is 1. The monoisotopic (exact) mass is 329 g/mol. The molecule has 0 aromatic carbocycles. The number of piperidine rings is 1. The lowest BCUT2D eigenvalue weighted by molar-refractivity contribution is -0.141. The molecule has 1 saturated heterocycles. The first-order valence-corrected chi connectivity index (χ1v) is 7.84. The Hall–Kier alpha value is -1.79. The average molecular weight is 329 g/mol. The van der Waals surface area contributed by atoms with Crippen LogP contribution in [-0.4, -0.2) is 34.9 Å². The van der Waals surface area contributed by atoms with Gasteiger partial charge in [0, 0.05) is 25.6 Å². The number of nitrogens with zero attached hydrogens (tertiary/aromatic N) is 2. The number of rotatable bonds is 4. The Morgan fingerprint density at radius 3 is 2.57 bits per heavy atom. The Morgan fingerprint density at radius 1 is 1.35 bits per heavy atom. The topological polar surface area (TPSA) is 45.2 Å². The van der Waals surface area contributed by atoms with Gasteiger partial charge >= 0.3 is 6.18 Å². The highest BCUT2D eigenvalue weighted by atomic mass is 19.4. The number of amides is 1. The summed E-state index contributed by atoms with van der Waals surface area (Å²) in [7, 11) is 0. The molecule has 2 heterocycles. The van der Waals surface area contributed by atoms with Crippen molar-refractivity contribution in [2.24, 2.45) is 5.92 Å². The number of likely N-dealkylation sites (tertiary alicyclic amines) is 1. The molecule has 1 amide bonds. The van der Waals surface area contributed by atoms with Crippen molar-refractivity contribution >= 4 is 11.7 Å². The molecule has 1 fully saturated rings. The number of carbonyl (C=O) groups is 1. The molecule has 0 atom stereocenters. The summed E-state index contributed by atoms with van der Waals surface area (Å²) < 4.78 is 38.0. The van der Waals surface area contributed by atoms with Gasteiger partial charge in [0.1, 0.15) is 11.5 Å². The highest BCUT2D eigenvalue weighted by Gasteiger charge is 2.32. The van der Waals surface area contributed by atoms with Crippen molar-refractivity contribution < 1.29 is 18.0 Å². The number of nitrogens with one attached hydrogen (secondary N) is 1. The van der Waals surface area contributed by atoms with Crippen molar-refractivity contribution in [2.75, 3.05) is 18.4 Å². The molecule has 2 rings (SSSR count). The smallest absolute Gasteiger partial charge is 0.367 e. The minimum atomic E-state index is -4.44. The number of aromatic nitrogens is 1. The summed E-state index contributed by atoms with van der Waals surface area (Å²) in [6.45, 7) is 5.27. The molecule has 0 saturated carbocycles. The predicted molar refractivity (Wildman–Crippen MR) is 81.9 cm³/mol. The van der Waals surface area contributed by atoms with Gasteiger partial charge in [-0.2, -0.15) is 13.2 Å². The molecule has 1 aromatic heterocycles. The van der Waals surface area contributed by atoms with Gasteiger partial charge < -0.3 is 10.2 Å². The van der Waals surface area contributed by atoms with E-state index in [2.05, 4.69) is 10.3 Å². The van der Waals surface area contributed by atoms with E-state index < -0.39 is 11.9 Å². The van der Waals surface area contributed by atoms with Crippen LogP contribution in [0.2, 0.25) is 0 Å². The number of carbonyl (C=O) groups excluding carboxylic acids is 1. The first kappa shape index (κ1) is 17.6. The molecular formula is C16H22F3N3O. The standard InChI is InChI=1S/C16H22F3N3O/c1-11(2)10-15(23)22-8-6-12(7-9-22)20-14-5-3-4-13(21-14)16(17,18)19/h3-5,11-12H,6-10H2,1-2H3,(H,20,21). The van der Waals surface area contributed by atoms with Crippen LogP contribution in [-0.2, 0) is 11.0 Å². The third-order valence-corrected chi connectivity index (χ3v) is 3.82. The van der Waals surface area contributed by atoms with Gasteiger partial charge in [0.05, 0.1) is 0 Å². The van der Waals surface area contributed by atoms with Gasteiger partial charge in [-0.3, -0.25) is 4.79 Å². The predicted octanol–water partition coefficient (Wildman–Crippen LogP) is 3.55. The maximum atomic E-state index is 12.7. The van der Waals surface area contributed by atoms with Crippen LogP contribution in [0.15, 0.2) is 18.2 Å². The molecule has 1 aliphatic heterocycles. The van der Waals surface area contributed by atoms with Crippen LogP contribution < -0.4 is 5.32 Å². The minimum Gasteiger partial charge on any atom is -0.367 e. The Labute approximate surface area is 134 Å². The van der Waals surface area contributed by atoms with Crippen LogP contribution in [0.5, 0.6) is 0 Å². The number of hydrogen-bond acceptors (Lipinski definition) is 3. The molecule has 1 aliphatic rings. The third kappa shape index (κ3) is 5.11. The van der Waals surface area contributed by atoms with E-state index in [0.29, 0.717) is 38.3 Å². The second-order valence-corrected chi connectivity index (χ2v) is 6.30. The highest BCUT2D eigenvalue weighted by Crippen LogP contribution is 2.28. The quantitative estimate of drug-likeness (QED) is 0.919. The molecule has 128 valence electrons. The van der Waals surface area contributed by atoms with Gasteiger partial charge in [-0.25, -0.2) is 4.98 Å². The normalized spacial score (nSPS) is 16.7. The van der Waals surface area contributed by atoms with E-state index in [0.717, 1.165) is 6.07 Å². The van der Waals surface area contributed by atoms with E-state index in [1.54, 1.807) is 0 Å². The zero-order valence-corrected chi connectivity index (χ0v) is 13.4. The fourth-order valence-electron chi connectivity index (χ4n) is 2.63. The zero-order chi connectivity index (χ0) is 17.0. The summed E-state index contributed by atoms with van der Waals surface area (Å²) in [5.74, 6) is 0.704. The Bertz CT molecular complexity index is 538. The van der Waals surface area contributed by atoms with Gasteiger partial charge in [-0.1, -0.05) is 19.9 Å². The largest absolute Gasteiger partial charge is 0.433 e. The maximum absolute atomic E-state index is 12.7. The van der Waals surface area contributed by atoms with E-state index in [4.69, 9.17) is 0 Å². The molecule has 0 aliphatic carbocycles. The van der Waals surface area contributed by atoms with Gasteiger partial charge in [-0.15, -0.1) is 0 Å². The SMILES string of the molecule is CC(C)CC(=O)N1CCC(Nc2cccc(C(F)(F)F)n2)CC1. The van der Waals surface area contributed by atoms with Crippen LogP contribution in [0.25, 0.3) is 0 Å². The van der Waals surface area contributed by atoms with Crippen LogP contribution in [0.3, 0.4) is 0 Å². The maximum Gasteiger partial charge on any atom is 0.433 e. The van der Waals surface area contributed by atoms with Gasteiger partial charge in [0.25, 0.3) is 0 Å². The van der Waals surface area contributed by atoms with Gasteiger partial charge in [-0.05, 0) is 30.9 Å². The van der Waals surface area contributed by atoms with Crippen LogP contribution >= 0.6 is 0 Å². The summed E-state index contributed by atoms with van der Waals surface area (Å²) in [5, 5.41) is 3.04. The zero-order valence-electron chi connectivity index (χ0n) is 13.4. The van der Waals surface area contributed by atoms with E-state index in [-0.39, 0.29) is 17.8 Å². The van der Waals surface area contributed by atoms with Gasteiger partial charge in [0.2, 0.25) is 5.91 Å². The van der Waals surface area contributed by atoms with Crippen molar-refractivity contribution in [1.29, 1.82) is 0 Å². The van der Waals surface area contributed by atoms with E-state index >= 15 is 0 Å². The number of pyridine rings is 1. The lowest BCUT2D eigenvalue weighted by Crippen LogP contribution is -2.42. The van der Waals surface area contributed by atoms with Crippen LogP contribution in [0.1, 0.15) is 38.8 Å². The molecule has 7 heteroatoms. The number of halogens is 3. The van der Waals surface area contributed by atoms with Crippen molar-refractivity contribution in [3.8, 4) is 0 Å². The van der Waals surface area contributed by atoms with E-state index in [1.807, 2.05) is 18.7 Å². The fraction of sp³-hybridized carbons (Fsp3) is 0.625. The van der Waals surface area contributed by atoms with Crippen molar-refractivity contribution in [3.05, 3.63) is 23.9 Å². The molecule has 0 radical (unpaired) electrons. The third-order valence-electron chi connectivity index (χ3n) is 3.82. The molecular weight excluding hydrogens is 307 g/mol. The molecule has 0 spiro atoms. The van der Waals surface area contributed by atoms with Crippen molar-refractivity contribution in [1.82, 2.24) is 9.88 Å². The van der Waals surface area contributed by atoms with Crippen molar-refractivity contribution in [3.63, 3.8) is 0 Å². The van der Waals surface area contributed by atoms with Crippen molar-refractivity contribution in [2.45, 2.75) is 45.3 Å². The second kappa shape index (κ2) is 7.19. The van der Waals surface area contributed by atoms with E-state index in [1.165, 1.54) is 12.1 Å². The summed E-state index contributed by atoms with van der Waals surface area (Å²) in [5.41, 5.74) is -0.896. The minimum absolute atomic E-state index is 0.0362. The van der Waals surface area contributed by atoms with Crippen LogP contribution in [0.4, 0.5) is 19.0 Å². The average Bonchev–Trinajstić information content (AvgIpc) is 2.46. The summed E-state index contributed by atoms with van der Waals surface area (Å²) in [6, 6.07) is 3.87. The molecule has 0 bridgehead atoms. The summed E-state index contributed by atoms with van der Waals surface area (Å²) >= 11 is 0. The molecule has 1 N–H and O–H groups in total. The molecule has 0 unspecified atom stereocenters. The van der Waals surface area contributed by atoms with E-state index in [9.17, 15) is 18.0 Å². The molecule has 23 heavy (non-hydrogen) atoms. The Balaban J connectivity index is 1.88. The molecule has 4 nitrogen and oxygen atoms in total. The first-order valence-electron chi connectivity index (χ1n) is 7.84. The lowest BCUT2D eigenvalue weighted by atomic mass is 10.0. The van der Waals surface area contributed by atoms with Crippen LogP contribution in [0, 0.1) is 5.92 Å². The number of alkyl halides is 3. The second-order valence-electron chi connectivity index (χ2n) is 6.30. The number of anilines is 1. The lowest BCUT2D eigenvalue weighted by Gasteiger charge is -2.33. The Morgan fingerprint density at radius 2 is 2.00 bits per heavy atom. The fourth-order valence-corrected chi connectivity index (χ4v) is 2.63. The molecule has 1 aromatic rings. The highest BCUT2D eigenvalue weighted by molar-refractivity contribution is 5.76.